The highest BCUT2D eigenvalue weighted by Gasteiger charge is 2.17. The Morgan fingerprint density at radius 1 is 1.29 bits per heavy atom. The van der Waals surface area contributed by atoms with Gasteiger partial charge in [0.05, 0.1) is 0 Å². The number of benzene rings is 1. The number of hydrogen-bond donors (Lipinski definition) is 1. The molecule has 1 N–H and O–H groups in total. The van der Waals surface area contributed by atoms with Gasteiger partial charge in [-0.2, -0.15) is 0 Å². The molecule has 1 aliphatic heterocycles. The molecule has 0 saturated carbocycles. The molecule has 0 spiro atoms. The molecular formula is C18H29ClN2. The van der Waals surface area contributed by atoms with Gasteiger partial charge < -0.3 is 10.2 Å². The number of anilines is 1. The quantitative estimate of drug-likeness (QED) is 0.847. The molecule has 21 heavy (non-hydrogen) atoms. The van der Waals surface area contributed by atoms with Crippen LogP contribution in [0.25, 0.3) is 0 Å². The second-order valence-electron chi connectivity index (χ2n) is 6.79. The highest BCUT2D eigenvalue weighted by Crippen LogP contribution is 2.30. The van der Waals surface area contributed by atoms with Crippen LogP contribution in [0.5, 0.6) is 0 Å². The van der Waals surface area contributed by atoms with Gasteiger partial charge in [-0.3, -0.25) is 0 Å². The van der Waals surface area contributed by atoms with Crippen LogP contribution >= 0.6 is 11.6 Å². The van der Waals surface area contributed by atoms with E-state index in [0.29, 0.717) is 5.92 Å². The van der Waals surface area contributed by atoms with Crippen LogP contribution in [0.1, 0.15) is 45.6 Å². The first-order valence-corrected chi connectivity index (χ1v) is 8.68. The van der Waals surface area contributed by atoms with Crippen molar-refractivity contribution < 1.29 is 0 Å². The highest BCUT2D eigenvalue weighted by molar-refractivity contribution is 6.31. The van der Waals surface area contributed by atoms with Crippen molar-refractivity contribution in [2.75, 3.05) is 24.5 Å². The predicted octanol–water partition coefficient (Wildman–Crippen LogP) is 4.71. The zero-order valence-electron chi connectivity index (χ0n) is 13.7. The maximum Gasteiger partial charge on any atom is 0.0471 e. The molecular weight excluding hydrogens is 280 g/mol. The first-order valence-electron chi connectivity index (χ1n) is 8.31. The SMILES string of the molecule is CC(C)CNCc1c(Cl)cccc1N1CCCC(C)CC1. The van der Waals surface area contributed by atoms with Gasteiger partial charge in [0.2, 0.25) is 0 Å². The first kappa shape index (κ1) is 16.6. The predicted molar refractivity (Wildman–Crippen MR) is 93.2 cm³/mol. The van der Waals surface area contributed by atoms with Crippen LogP contribution in [0.3, 0.4) is 0 Å². The maximum atomic E-state index is 6.47. The van der Waals surface area contributed by atoms with Gasteiger partial charge in [0.25, 0.3) is 0 Å². The molecule has 1 aliphatic rings. The first-order chi connectivity index (χ1) is 10.1. The lowest BCUT2D eigenvalue weighted by Gasteiger charge is -2.26. The van der Waals surface area contributed by atoms with Gasteiger partial charge >= 0.3 is 0 Å². The van der Waals surface area contributed by atoms with E-state index >= 15 is 0 Å². The molecule has 0 amide bonds. The fourth-order valence-electron chi connectivity index (χ4n) is 3.01. The molecule has 1 saturated heterocycles. The molecule has 1 fully saturated rings. The van der Waals surface area contributed by atoms with Gasteiger partial charge in [0.1, 0.15) is 0 Å². The van der Waals surface area contributed by atoms with Crippen molar-refractivity contribution in [2.24, 2.45) is 11.8 Å². The fraction of sp³-hybridized carbons (Fsp3) is 0.667. The summed E-state index contributed by atoms with van der Waals surface area (Å²) >= 11 is 6.47. The summed E-state index contributed by atoms with van der Waals surface area (Å²) in [7, 11) is 0. The Balaban J connectivity index is 2.12. The summed E-state index contributed by atoms with van der Waals surface area (Å²) in [5, 5.41) is 4.42. The third-order valence-corrected chi connectivity index (χ3v) is 4.66. The molecule has 2 nitrogen and oxygen atoms in total. The largest absolute Gasteiger partial charge is 0.371 e. The summed E-state index contributed by atoms with van der Waals surface area (Å²) in [6, 6.07) is 6.32. The fourth-order valence-corrected chi connectivity index (χ4v) is 3.24. The van der Waals surface area contributed by atoms with Crippen molar-refractivity contribution in [3.05, 3.63) is 28.8 Å². The molecule has 0 radical (unpaired) electrons. The summed E-state index contributed by atoms with van der Waals surface area (Å²) in [5.74, 6) is 1.51. The van der Waals surface area contributed by atoms with Crippen LogP contribution in [0.15, 0.2) is 18.2 Å². The molecule has 1 atom stereocenters. The number of hydrogen-bond acceptors (Lipinski definition) is 2. The van der Waals surface area contributed by atoms with E-state index in [1.807, 2.05) is 6.07 Å². The molecule has 3 heteroatoms. The molecule has 2 rings (SSSR count). The number of nitrogens with one attached hydrogen (secondary N) is 1. The van der Waals surface area contributed by atoms with E-state index in [4.69, 9.17) is 11.6 Å². The lowest BCUT2D eigenvalue weighted by molar-refractivity contribution is 0.521. The third kappa shape index (κ3) is 4.89. The van der Waals surface area contributed by atoms with Crippen molar-refractivity contribution in [3.8, 4) is 0 Å². The maximum absolute atomic E-state index is 6.47. The zero-order valence-corrected chi connectivity index (χ0v) is 14.4. The molecule has 0 bridgehead atoms. The van der Waals surface area contributed by atoms with Crippen LogP contribution < -0.4 is 10.2 Å². The van der Waals surface area contributed by atoms with E-state index in [0.717, 1.165) is 37.1 Å². The Labute approximate surface area is 134 Å². The highest BCUT2D eigenvalue weighted by atomic mass is 35.5. The van der Waals surface area contributed by atoms with Crippen molar-refractivity contribution in [1.82, 2.24) is 5.32 Å². The topological polar surface area (TPSA) is 15.3 Å². The Bertz CT molecular complexity index is 445. The average Bonchev–Trinajstić information content (AvgIpc) is 2.65. The molecule has 0 aromatic heterocycles. The minimum atomic E-state index is 0.662. The van der Waals surface area contributed by atoms with Crippen LogP contribution in [-0.2, 0) is 6.54 Å². The van der Waals surface area contributed by atoms with Crippen LogP contribution in [0, 0.1) is 11.8 Å². The van der Waals surface area contributed by atoms with Gasteiger partial charge in [-0.25, -0.2) is 0 Å². The van der Waals surface area contributed by atoms with Crippen LogP contribution in [-0.4, -0.2) is 19.6 Å². The van der Waals surface area contributed by atoms with Gasteiger partial charge in [0.15, 0.2) is 0 Å². The Morgan fingerprint density at radius 2 is 2.10 bits per heavy atom. The minimum Gasteiger partial charge on any atom is -0.371 e. The zero-order chi connectivity index (χ0) is 15.2. The van der Waals surface area contributed by atoms with Gasteiger partial charge in [-0.05, 0) is 49.8 Å². The lowest BCUT2D eigenvalue weighted by Crippen LogP contribution is -2.27. The minimum absolute atomic E-state index is 0.662. The normalized spacial score (nSPS) is 19.9. The standard InChI is InChI=1S/C18H29ClN2/c1-14(2)12-20-13-16-17(19)7-4-8-18(16)21-10-5-6-15(3)9-11-21/h4,7-8,14-15,20H,5-6,9-13H2,1-3H3. The van der Waals surface area contributed by atoms with Crippen molar-refractivity contribution in [2.45, 2.75) is 46.6 Å². The summed E-state index contributed by atoms with van der Waals surface area (Å²) < 4.78 is 0. The van der Waals surface area contributed by atoms with Gasteiger partial charge in [-0.1, -0.05) is 38.4 Å². The second-order valence-corrected chi connectivity index (χ2v) is 7.19. The summed E-state index contributed by atoms with van der Waals surface area (Å²) in [5.41, 5.74) is 2.59. The average molecular weight is 309 g/mol. The molecule has 118 valence electrons. The summed E-state index contributed by atoms with van der Waals surface area (Å²) in [6.45, 7) is 11.0. The van der Waals surface area contributed by atoms with E-state index in [2.05, 4.69) is 43.1 Å². The Kier molecular flexibility index (Phi) is 6.38. The van der Waals surface area contributed by atoms with Crippen molar-refractivity contribution in [3.63, 3.8) is 0 Å². The molecule has 1 heterocycles. The monoisotopic (exact) mass is 308 g/mol. The van der Waals surface area contributed by atoms with Gasteiger partial charge in [0, 0.05) is 35.9 Å². The van der Waals surface area contributed by atoms with E-state index in [9.17, 15) is 0 Å². The van der Waals surface area contributed by atoms with Crippen molar-refractivity contribution in [1.29, 1.82) is 0 Å². The van der Waals surface area contributed by atoms with E-state index in [1.54, 1.807) is 0 Å². The summed E-state index contributed by atoms with van der Waals surface area (Å²) in [6.07, 6.45) is 3.91. The van der Waals surface area contributed by atoms with Crippen molar-refractivity contribution >= 4 is 17.3 Å². The lowest BCUT2D eigenvalue weighted by atomic mass is 10.0. The van der Waals surface area contributed by atoms with E-state index in [-0.39, 0.29) is 0 Å². The van der Waals surface area contributed by atoms with E-state index in [1.165, 1.54) is 30.5 Å². The Hall–Kier alpha value is -0.730. The van der Waals surface area contributed by atoms with Gasteiger partial charge in [-0.15, -0.1) is 0 Å². The number of rotatable bonds is 5. The Morgan fingerprint density at radius 3 is 2.86 bits per heavy atom. The van der Waals surface area contributed by atoms with Crippen LogP contribution in [0.2, 0.25) is 5.02 Å². The third-order valence-electron chi connectivity index (χ3n) is 4.31. The number of nitrogens with zero attached hydrogens (tertiary/aromatic N) is 1. The number of halogens is 1. The second kappa shape index (κ2) is 8.05. The smallest absolute Gasteiger partial charge is 0.0471 e. The van der Waals surface area contributed by atoms with E-state index < -0.39 is 0 Å². The molecule has 0 aliphatic carbocycles. The molecule has 1 unspecified atom stereocenters. The van der Waals surface area contributed by atoms with Crippen LogP contribution in [0.4, 0.5) is 5.69 Å². The summed E-state index contributed by atoms with van der Waals surface area (Å²) in [4.78, 5) is 2.53. The molecule has 1 aromatic rings. The molecule has 1 aromatic carbocycles.